The number of nitrogens with zero attached hydrogens (tertiary/aromatic N) is 1. The molecule has 53 heavy (non-hydrogen) atoms. The van der Waals surface area contributed by atoms with E-state index in [-0.39, 0.29) is 24.3 Å². The first-order chi connectivity index (χ1) is 25.4. The van der Waals surface area contributed by atoms with Crippen molar-refractivity contribution >= 4 is 40.3 Å². The summed E-state index contributed by atoms with van der Waals surface area (Å²) in [5.41, 5.74) is 1.81. The molecule has 0 aliphatic carbocycles. The van der Waals surface area contributed by atoms with Gasteiger partial charge in [0.1, 0.15) is 18.7 Å². The monoisotopic (exact) mass is 728 g/mol. The molecule has 0 aliphatic rings. The number of fused-ring (bicyclic) bond motifs is 1. The number of alkyl carbamates (subject to hydrolysis) is 1. The lowest BCUT2D eigenvalue weighted by Crippen LogP contribution is -2.58. The van der Waals surface area contributed by atoms with Gasteiger partial charge >= 0.3 is 6.09 Å². The summed E-state index contributed by atoms with van der Waals surface area (Å²) in [6, 6.07) is 19.7. The Labute approximate surface area is 315 Å². The van der Waals surface area contributed by atoms with E-state index in [0.717, 1.165) is 22.8 Å². The fourth-order valence-electron chi connectivity index (χ4n) is 6.19. The summed E-state index contributed by atoms with van der Waals surface area (Å²) in [5, 5.41) is 22.0. The maximum absolute atomic E-state index is 14.6. The quantitative estimate of drug-likeness (QED) is 0.0894. The minimum Gasteiger partial charge on any atom is -0.445 e. The number of ether oxygens (including phenoxy) is 1. The molecule has 0 aromatic heterocycles. The van der Waals surface area contributed by atoms with Crippen LogP contribution in [0.3, 0.4) is 0 Å². The van der Waals surface area contributed by atoms with Crippen molar-refractivity contribution < 1.29 is 29.0 Å². The summed E-state index contributed by atoms with van der Waals surface area (Å²) >= 11 is 0. The fourth-order valence-corrected chi connectivity index (χ4v) is 6.19. The maximum atomic E-state index is 14.6. The standard InChI is InChI=1S/C43H60N4O6/c1-8-10-23-38(41(50)46-36(25-29(3)4)39(48)26-34(17-9-2)40(49)44-27-30(5)6)47(37-24-16-21-33-20-14-15-22-35(33)37)42(51)31(7)45-43(52)53-28-32-18-12-11-13-19-32/h11-16,18-22,24,26,29-31,36,38-39,48H,8-10,17,23,25,27-28H2,1-7H3,(H,44,49)(H,45,52)(H,46,50)/t31-,36-,38-,39-/m0/s1. The van der Waals surface area contributed by atoms with Gasteiger partial charge < -0.3 is 25.8 Å². The highest BCUT2D eigenvalue weighted by Gasteiger charge is 2.36. The largest absolute Gasteiger partial charge is 0.445 e. The highest BCUT2D eigenvalue weighted by molar-refractivity contribution is 6.09. The Balaban J connectivity index is 2.00. The molecule has 0 unspecified atom stereocenters. The third-order valence-electron chi connectivity index (χ3n) is 8.95. The lowest BCUT2D eigenvalue weighted by atomic mass is 9.95. The molecule has 0 heterocycles. The molecule has 0 radical (unpaired) electrons. The molecule has 10 nitrogen and oxygen atoms in total. The minimum absolute atomic E-state index is 0.0372. The van der Waals surface area contributed by atoms with Gasteiger partial charge in [0.25, 0.3) is 0 Å². The number of amides is 4. The van der Waals surface area contributed by atoms with E-state index in [1.807, 2.05) is 114 Å². The number of rotatable bonds is 20. The zero-order chi connectivity index (χ0) is 38.9. The van der Waals surface area contributed by atoms with Crippen LogP contribution in [0.5, 0.6) is 0 Å². The number of nitrogens with one attached hydrogen (secondary N) is 3. The van der Waals surface area contributed by atoms with Crippen molar-refractivity contribution in [2.24, 2.45) is 11.8 Å². The van der Waals surface area contributed by atoms with E-state index in [4.69, 9.17) is 4.74 Å². The van der Waals surface area contributed by atoms with Gasteiger partial charge in [-0.1, -0.05) is 128 Å². The molecule has 3 aromatic rings. The Morgan fingerprint density at radius 3 is 2.17 bits per heavy atom. The van der Waals surface area contributed by atoms with Gasteiger partial charge in [0.15, 0.2) is 0 Å². The molecule has 288 valence electrons. The Kier molecular flexibility index (Phi) is 17.5. The molecule has 0 spiro atoms. The number of hydrogen-bond donors (Lipinski definition) is 4. The summed E-state index contributed by atoms with van der Waals surface area (Å²) in [6.07, 6.45) is 3.03. The van der Waals surface area contributed by atoms with Gasteiger partial charge in [0, 0.05) is 17.5 Å². The van der Waals surface area contributed by atoms with Gasteiger partial charge in [-0.05, 0) is 61.1 Å². The fraction of sp³-hybridized carbons (Fsp3) is 0.488. The predicted octanol–water partition coefficient (Wildman–Crippen LogP) is 7.44. The molecule has 10 heteroatoms. The van der Waals surface area contributed by atoms with Crippen LogP contribution in [-0.4, -0.2) is 59.7 Å². The van der Waals surface area contributed by atoms with E-state index in [2.05, 4.69) is 16.0 Å². The van der Waals surface area contributed by atoms with Crippen molar-refractivity contribution in [1.29, 1.82) is 0 Å². The van der Waals surface area contributed by atoms with E-state index in [0.29, 0.717) is 49.9 Å². The van der Waals surface area contributed by atoms with Crippen LogP contribution >= 0.6 is 0 Å². The van der Waals surface area contributed by atoms with Crippen molar-refractivity contribution in [3.63, 3.8) is 0 Å². The topological polar surface area (TPSA) is 137 Å². The van der Waals surface area contributed by atoms with E-state index in [1.54, 1.807) is 13.0 Å². The first kappa shape index (κ1) is 42.7. The van der Waals surface area contributed by atoms with Crippen LogP contribution in [0, 0.1) is 11.8 Å². The average Bonchev–Trinajstić information content (AvgIpc) is 3.13. The molecule has 0 aliphatic heterocycles. The Hall–Kier alpha value is -4.70. The molecule has 3 aromatic carbocycles. The second kappa shape index (κ2) is 21.7. The molecule has 3 rings (SSSR count). The summed E-state index contributed by atoms with van der Waals surface area (Å²) in [7, 11) is 0. The molecular weight excluding hydrogens is 668 g/mol. The molecule has 4 atom stereocenters. The molecule has 0 bridgehead atoms. The van der Waals surface area contributed by atoms with Crippen molar-refractivity contribution in [1.82, 2.24) is 16.0 Å². The number of aliphatic hydroxyl groups excluding tert-OH is 1. The number of unbranched alkanes of at least 4 members (excludes halogenated alkanes) is 1. The van der Waals surface area contributed by atoms with Crippen molar-refractivity contribution in [2.75, 3.05) is 11.4 Å². The van der Waals surface area contributed by atoms with Gasteiger partial charge in [0.2, 0.25) is 17.7 Å². The van der Waals surface area contributed by atoms with E-state index < -0.39 is 42.1 Å². The second-order valence-electron chi connectivity index (χ2n) is 14.6. The Morgan fingerprint density at radius 1 is 0.830 bits per heavy atom. The highest BCUT2D eigenvalue weighted by Crippen LogP contribution is 2.31. The molecule has 0 saturated heterocycles. The van der Waals surface area contributed by atoms with Crippen molar-refractivity contribution in [3.8, 4) is 0 Å². The summed E-state index contributed by atoms with van der Waals surface area (Å²) < 4.78 is 5.42. The van der Waals surface area contributed by atoms with Crippen LogP contribution < -0.4 is 20.9 Å². The number of aliphatic hydroxyl groups is 1. The van der Waals surface area contributed by atoms with Crippen molar-refractivity contribution in [3.05, 3.63) is 90.0 Å². The lowest BCUT2D eigenvalue weighted by Gasteiger charge is -2.35. The van der Waals surface area contributed by atoms with Gasteiger partial charge in [0.05, 0.1) is 17.8 Å². The smallest absolute Gasteiger partial charge is 0.408 e. The van der Waals surface area contributed by atoms with Crippen molar-refractivity contribution in [2.45, 2.75) is 118 Å². The SMILES string of the molecule is CCCC[C@@H](C(=O)N[C@@H](CC(C)C)[C@@H](O)C=C(CCC)C(=O)NCC(C)C)N(C(=O)[C@H](C)NC(=O)OCc1ccccc1)c1cccc2ccccc12. The van der Waals surface area contributed by atoms with Crippen LogP contribution in [0.15, 0.2) is 84.4 Å². The highest BCUT2D eigenvalue weighted by atomic mass is 16.5. The zero-order valence-electron chi connectivity index (χ0n) is 32.6. The number of carbonyl (C=O) groups excluding carboxylic acids is 4. The second-order valence-corrected chi connectivity index (χ2v) is 14.6. The predicted molar refractivity (Wildman–Crippen MR) is 212 cm³/mol. The normalized spacial score (nSPS) is 14.0. The van der Waals surface area contributed by atoms with Crippen LogP contribution in [0.25, 0.3) is 10.8 Å². The number of carbonyl (C=O) groups is 4. The van der Waals surface area contributed by atoms with Gasteiger partial charge in [-0.3, -0.25) is 19.3 Å². The first-order valence-corrected chi connectivity index (χ1v) is 19.1. The maximum Gasteiger partial charge on any atom is 0.408 e. The zero-order valence-corrected chi connectivity index (χ0v) is 32.6. The van der Waals surface area contributed by atoms with Crippen LogP contribution in [0.1, 0.15) is 92.6 Å². The third-order valence-corrected chi connectivity index (χ3v) is 8.95. The minimum atomic E-state index is -1.15. The van der Waals surface area contributed by atoms with E-state index >= 15 is 0 Å². The van der Waals surface area contributed by atoms with Crippen LogP contribution in [-0.2, 0) is 25.7 Å². The third kappa shape index (κ3) is 13.3. The van der Waals surface area contributed by atoms with Gasteiger partial charge in [-0.2, -0.15) is 0 Å². The number of benzene rings is 3. The van der Waals surface area contributed by atoms with E-state index in [9.17, 15) is 24.3 Å². The molecule has 4 amide bonds. The Bertz CT molecular complexity index is 1650. The van der Waals surface area contributed by atoms with Gasteiger partial charge in [-0.25, -0.2) is 4.79 Å². The van der Waals surface area contributed by atoms with Crippen LogP contribution in [0.4, 0.5) is 10.5 Å². The molecular formula is C43H60N4O6. The lowest BCUT2D eigenvalue weighted by molar-refractivity contribution is -0.128. The number of anilines is 1. The Morgan fingerprint density at radius 2 is 1.51 bits per heavy atom. The molecule has 0 saturated carbocycles. The first-order valence-electron chi connectivity index (χ1n) is 19.1. The van der Waals surface area contributed by atoms with E-state index in [1.165, 1.54) is 4.90 Å². The summed E-state index contributed by atoms with van der Waals surface area (Å²) in [5.74, 6) is -0.777. The van der Waals surface area contributed by atoms with Crippen LogP contribution in [0.2, 0.25) is 0 Å². The summed E-state index contributed by atoms with van der Waals surface area (Å²) in [6.45, 7) is 14.2. The molecule has 0 fully saturated rings. The average molecular weight is 729 g/mol. The molecule has 4 N–H and O–H groups in total. The summed E-state index contributed by atoms with van der Waals surface area (Å²) in [4.78, 5) is 56.7. The van der Waals surface area contributed by atoms with Gasteiger partial charge in [-0.15, -0.1) is 0 Å². The number of hydrogen-bond acceptors (Lipinski definition) is 6.